The number of carbonyl (C=O) groups is 7. The third-order valence-corrected chi connectivity index (χ3v) is 5.43. The third kappa shape index (κ3) is 15.6. The van der Waals surface area contributed by atoms with Crippen molar-refractivity contribution in [3.63, 3.8) is 0 Å². The monoisotopic (exact) mass is 686 g/mol. The maximum absolute atomic E-state index is 13.0. The Morgan fingerprint density at radius 3 is 1.75 bits per heavy atom. The van der Waals surface area contributed by atoms with E-state index in [0.29, 0.717) is 0 Å². The molecule has 0 fully saturated rings. The summed E-state index contributed by atoms with van der Waals surface area (Å²) in [5.41, 5.74) is -1.93. The number of guanidine groups is 1. The van der Waals surface area contributed by atoms with Crippen LogP contribution in [0, 0.1) is 0 Å². The lowest BCUT2D eigenvalue weighted by Crippen LogP contribution is -2.61. The Morgan fingerprint density at radius 2 is 1.33 bits per heavy atom. The predicted molar refractivity (Wildman–Crippen MR) is 165 cm³/mol. The Bertz CT molecular complexity index is 1250. The summed E-state index contributed by atoms with van der Waals surface area (Å²) in [5, 5.41) is 7.20. The zero-order chi connectivity index (χ0) is 37.0. The molecule has 5 atom stereocenters. The van der Waals surface area contributed by atoms with E-state index in [0.717, 1.165) is 33.8 Å². The number of hydrogen-bond acceptors (Lipinski definition) is 15. The van der Waals surface area contributed by atoms with Gasteiger partial charge in [0.05, 0.1) is 18.7 Å². The SMILES string of the molecule is CCOC(=O)C1=C[C@H](N=C(NC(=O)OC(C)(C)C)NC(=O)OC(C)(C)C)[C@@H](NC(C)=O)[C@H]([C@H](OC(C)=O)[C@@H](COC(C)=O)OC(C)=O)O1. The average Bonchev–Trinajstić information content (AvgIpc) is 2.87. The van der Waals surface area contributed by atoms with E-state index in [4.69, 9.17) is 33.2 Å². The Labute approximate surface area is 278 Å². The van der Waals surface area contributed by atoms with E-state index in [1.165, 1.54) is 6.92 Å². The van der Waals surface area contributed by atoms with Crippen LogP contribution < -0.4 is 16.0 Å². The van der Waals surface area contributed by atoms with Crippen LogP contribution in [0.4, 0.5) is 9.59 Å². The van der Waals surface area contributed by atoms with Crippen LogP contribution in [0.1, 0.15) is 76.2 Å². The number of nitrogens with one attached hydrogen (secondary N) is 3. The van der Waals surface area contributed by atoms with Crippen molar-refractivity contribution in [1.29, 1.82) is 0 Å². The summed E-state index contributed by atoms with van der Waals surface area (Å²) in [4.78, 5) is 91.5. The van der Waals surface area contributed by atoms with Gasteiger partial charge in [0.1, 0.15) is 17.8 Å². The third-order valence-electron chi connectivity index (χ3n) is 5.43. The number of rotatable bonds is 10. The summed E-state index contributed by atoms with van der Waals surface area (Å²) in [5.74, 6) is -5.23. The van der Waals surface area contributed by atoms with Crippen molar-refractivity contribution in [1.82, 2.24) is 16.0 Å². The highest BCUT2D eigenvalue weighted by Gasteiger charge is 2.48. The van der Waals surface area contributed by atoms with Gasteiger partial charge in [-0.1, -0.05) is 0 Å². The number of aliphatic imine (C=N–C) groups is 1. The molecule has 1 aliphatic heterocycles. The Hall–Kier alpha value is -4.90. The van der Waals surface area contributed by atoms with Gasteiger partial charge in [-0.25, -0.2) is 19.4 Å². The molecule has 0 unspecified atom stereocenters. The van der Waals surface area contributed by atoms with Gasteiger partial charge in [0.15, 0.2) is 18.3 Å². The van der Waals surface area contributed by atoms with Crippen LogP contribution in [-0.4, -0.2) is 103 Å². The van der Waals surface area contributed by atoms with Gasteiger partial charge in [0.2, 0.25) is 17.6 Å². The van der Waals surface area contributed by atoms with Crippen molar-refractivity contribution >= 4 is 47.9 Å². The smallest absolute Gasteiger partial charge is 0.414 e. The number of nitrogens with zero attached hydrogens (tertiary/aromatic N) is 1. The highest BCUT2D eigenvalue weighted by atomic mass is 16.6. The highest BCUT2D eigenvalue weighted by Crippen LogP contribution is 2.28. The second-order valence-electron chi connectivity index (χ2n) is 12.3. The zero-order valence-corrected chi connectivity index (χ0v) is 29.0. The molecule has 0 saturated heterocycles. The summed E-state index contributed by atoms with van der Waals surface area (Å²) in [6, 6.07) is -2.78. The molecule has 270 valence electrons. The lowest BCUT2D eigenvalue weighted by Gasteiger charge is -2.40. The second-order valence-corrected chi connectivity index (χ2v) is 12.3. The summed E-state index contributed by atoms with van der Waals surface area (Å²) in [6.07, 6.45) is -5.73. The largest absolute Gasteiger partial charge is 0.477 e. The minimum atomic E-state index is -1.65. The molecule has 0 spiro atoms. The minimum absolute atomic E-state index is 0.0885. The normalized spacial score (nSPS) is 18.6. The summed E-state index contributed by atoms with van der Waals surface area (Å²) in [6.45, 7) is 14.7. The molecule has 18 heteroatoms. The lowest BCUT2D eigenvalue weighted by atomic mass is 9.92. The summed E-state index contributed by atoms with van der Waals surface area (Å²) in [7, 11) is 0. The van der Waals surface area contributed by atoms with E-state index < -0.39 is 102 Å². The molecule has 18 nitrogen and oxygen atoms in total. The number of esters is 4. The zero-order valence-electron chi connectivity index (χ0n) is 29.0. The van der Waals surface area contributed by atoms with E-state index in [9.17, 15) is 33.6 Å². The number of carbonyl (C=O) groups excluding carboxylic acids is 7. The van der Waals surface area contributed by atoms with Crippen LogP contribution in [0.15, 0.2) is 16.8 Å². The molecule has 48 heavy (non-hydrogen) atoms. The first-order valence-electron chi connectivity index (χ1n) is 14.9. The minimum Gasteiger partial charge on any atom is -0.477 e. The standard InChI is InChI=1S/C30H46N4O14/c1-12-42-25(39)20-13-19(32-26(33-27(40)47-29(6,7)8)34-28(41)48-30(9,10)11)22(31-15(2)35)24(46-20)23(45-18(5)38)21(44-17(4)37)14-43-16(3)36/h13,19,21-24H,12,14H2,1-11H3,(H,31,35)(H2,32,33,34,40,41)/t19-,21+,22+,23+,24+/m0/s1. The van der Waals surface area contributed by atoms with E-state index in [1.807, 2.05) is 0 Å². The van der Waals surface area contributed by atoms with Gasteiger partial charge in [0, 0.05) is 27.7 Å². The van der Waals surface area contributed by atoms with E-state index in [2.05, 4.69) is 20.9 Å². The Kier molecular flexibility index (Phi) is 15.3. The molecular formula is C30H46N4O14. The lowest BCUT2D eigenvalue weighted by molar-refractivity contribution is -0.188. The van der Waals surface area contributed by atoms with E-state index in [-0.39, 0.29) is 6.61 Å². The van der Waals surface area contributed by atoms with Gasteiger partial charge >= 0.3 is 36.1 Å². The van der Waals surface area contributed by atoms with Crippen LogP contribution in [-0.2, 0) is 57.1 Å². The van der Waals surface area contributed by atoms with Crippen LogP contribution in [0.25, 0.3) is 0 Å². The van der Waals surface area contributed by atoms with Gasteiger partial charge in [-0.15, -0.1) is 0 Å². The molecule has 3 N–H and O–H groups in total. The summed E-state index contributed by atoms with van der Waals surface area (Å²) < 4.78 is 37.4. The molecular weight excluding hydrogens is 640 g/mol. The van der Waals surface area contributed by atoms with Gasteiger partial charge in [-0.3, -0.25) is 29.8 Å². The van der Waals surface area contributed by atoms with Gasteiger partial charge in [-0.2, -0.15) is 0 Å². The first-order chi connectivity index (χ1) is 22.0. The first kappa shape index (κ1) is 41.1. The van der Waals surface area contributed by atoms with Crippen LogP contribution in [0.5, 0.6) is 0 Å². The number of hydrogen-bond donors (Lipinski definition) is 3. The molecule has 0 saturated carbocycles. The fourth-order valence-corrected chi connectivity index (χ4v) is 4.02. The van der Waals surface area contributed by atoms with E-state index in [1.54, 1.807) is 41.5 Å². The topological polar surface area (TPSA) is 233 Å². The van der Waals surface area contributed by atoms with E-state index >= 15 is 0 Å². The van der Waals surface area contributed by atoms with Crippen molar-refractivity contribution in [2.75, 3.05) is 13.2 Å². The fourth-order valence-electron chi connectivity index (χ4n) is 4.02. The fraction of sp³-hybridized carbons (Fsp3) is 0.667. The van der Waals surface area contributed by atoms with Crippen molar-refractivity contribution in [2.45, 2.75) is 118 Å². The van der Waals surface area contributed by atoms with Crippen LogP contribution in [0.3, 0.4) is 0 Å². The molecule has 0 aromatic carbocycles. The van der Waals surface area contributed by atoms with Gasteiger partial charge in [-0.05, 0) is 54.5 Å². The summed E-state index contributed by atoms with van der Waals surface area (Å²) >= 11 is 0. The Morgan fingerprint density at radius 1 is 0.812 bits per heavy atom. The maximum Gasteiger partial charge on any atom is 0.414 e. The molecule has 0 bridgehead atoms. The molecule has 0 aromatic rings. The number of amides is 3. The number of ether oxygens (including phenoxy) is 7. The van der Waals surface area contributed by atoms with Crippen molar-refractivity contribution in [2.24, 2.45) is 4.99 Å². The van der Waals surface area contributed by atoms with Gasteiger partial charge in [0.25, 0.3) is 0 Å². The molecule has 3 amide bonds. The molecule has 1 aliphatic rings. The molecule has 0 aliphatic carbocycles. The first-order valence-corrected chi connectivity index (χ1v) is 14.9. The van der Waals surface area contributed by atoms with Crippen molar-refractivity contribution < 1.29 is 66.7 Å². The van der Waals surface area contributed by atoms with Gasteiger partial charge < -0.3 is 38.5 Å². The average molecular weight is 687 g/mol. The van der Waals surface area contributed by atoms with Crippen LogP contribution >= 0.6 is 0 Å². The molecule has 1 heterocycles. The predicted octanol–water partition coefficient (Wildman–Crippen LogP) is 1.54. The maximum atomic E-state index is 13.0. The van der Waals surface area contributed by atoms with Crippen molar-refractivity contribution in [3.05, 3.63) is 11.8 Å². The quantitative estimate of drug-likeness (QED) is 0.128. The molecule has 0 aromatic heterocycles. The second kappa shape index (κ2) is 17.9. The highest BCUT2D eigenvalue weighted by molar-refractivity contribution is 6.01. The molecule has 1 rings (SSSR count). The van der Waals surface area contributed by atoms with Crippen LogP contribution in [0.2, 0.25) is 0 Å². The molecule has 0 radical (unpaired) electrons. The van der Waals surface area contributed by atoms with Crippen molar-refractivity contribution in [3.8, 4) is 0 Å². The Balaban J connectivity index is 3.98. The number of alkyl carbamates (subject to hydrolysis) is 2.